The quantitative estimate of drug-likeness (QED) is 0.628. The highest BCUT2D eigenvalue weighted by molar-refractivity contribution is 6.47. The monoisotopic (exact) mass is 260 g/mol. The summed E-state index contributed by atoms with van der Waals surface area (Å²) in [6.07, 6.45) is 2.50. The van der Waals surface area contributed by atoms with Gasteiger partial charge in [-0.2, -0.15) is 0 Å². The number of hydrogen-bond donors (Lipinski definition) is 2. The lowest BCUT2D eigenvalue weighted by Crippen LogP contribution is -2.49. The van der Waals surface area contributed by atoms with Crippen molar-refractivity contribution in [2.24, 2.45) is 0 Å². The van der Waals surface area contributed by atoms with Crippen molar-refractivity contribution >= 4 is 18.6 Å². The molecule has 0 aliphatic heterocycles. The summed E-state index contributed by atoms with van der Waals surface area (Å²) in [6.45, 7) is 7.24. The van der Waals surface area contributed by atoms with Gasteiger partial charge in [0.1, 0.15) is 0 Å². The standard InChI is InChI=1S/C15H23BNO2/c1-14(2,18)15(3,4)19-16-12-7-11(10-5-6-10)8-13(17)9-12/h7-10,18H,5-6,17H2,1-4H3. The van der Waals surface area contributed by atoms with Crippen LogP contribution in [0.5, 0.6) is 0 Å². The molecular formula is C15H23BNO2. The average Bonchev–Trinajstić information content (AvgIpc) is 3.08. The maximum Gasteiger partial charge on any atom is 0.330 e. The first kappa shape index (κ1) is 14.4. The zero-order valence-electron chi connectivity index (χ0n) is 12.2. The number of rotatable bonds is 5. The number of hydrogen-bond acceptors (Lipinski definition) is 3. The first-order chi connectivity index (χ1) is 8.69. The van der Waals surface area contributed by atoms with E-state index in [2.05, 4.69) is 6.07 Å². The minimum Gasteiger partial charge on any atom is -0.427 e. The van der Waals surface area contributed by atoms with Gasteiger partial charge in [0.05, 0.1) is 11.2 Å². The molecule has 0 unspecified atom stereocenters. The third kappa shape index (κ3) is 3.51. The van der Waals surface area contributed by atoms with Crippen molar-refractivity contribution in [3.63, 3.8) is 0 Å². The molecule has 0 aromatic heterocycles. The molecule has 2 rings (SSSR count). The highest BCUT2D eigenvalue weighted by Crippen LogP contribution is 2.40. The van der Waals surface area contributed by atoms with E-state index in [1.807, 2.05) is 26.0 Å². The van der Waals surface area contributed by atoms with Crippen LogP contribution >= 0.6 is 0 Å². The molecule has 19 heavy (non-hydrogen) atoms. The van der Waals surface area contributed by atoms with Crippen LogP contribution in [-0.2, 0) is 4.65 Å². The Morgan fingerprint density at radius 2 is 1.84 bits per heavy atom. The summed E-state index contributed by atoms with van der Waals surface area (Å²) in [7, 11) is 1.69. The fourth-order valence-electron chi connectivity index (χ4n) is 1.78. The van der Waals surface area contributed by atoms with Gasteiger partial charge in [-0.1, -0.05) is 11.5 Å². The Kier molecular flexibility index (Phi) is 3.67. The van der Waals surface area contributed by atoms with Gasteiger partial charge >= 0.3 is 7.48 Å². The first-order valence-corrected chi connectivity index (χ1v) is 6.83. The number of benzene rings is 1. The Morgan fingerprint density at radius 3 is 2.37 bits per heavy atom. The Balaban J connectivity index is 2.07. The van der Waals surface area contributed by atoms with Crippen molar-refractivity contribution in [2.75, 3.05) is 5.73 Å². The Hall–Kier alpha value is -0.995. The van der Waals surface area contributed by atoms with Gasteiger partial charge in [0.15, 0.2) is 0 Å². The molecule has 0 heterocycles. The molecule has 0 saturated heterocycles. The lowest BCUT2D eigenvalue weighted by atomic mass is 9.81. The van der Waals surface area contributed by atoms with Crippen LogP contribution in [0.1, 0.15) is 52.0 Å². The van der Waals surface area contributed by atoms with Gasteiger partial charge in [-0.05, 0) is 64.2 Å². The van der Waals surface area contributed by atoms with Gasteiger partial charge in [0.2, 0.25) is 0 Å². The summed E-state index contributed by atoms with van der Waals surface area (Å²) >= 11 is 0. The summed E-state index contributed by atoms with van der Waals surface area (Å²) in [5.74, 6) is 0.665. The smallest absolute Gasteiger partial charge is 0.330 e. The van der Waals surface area contributed by atoms with Gasteiger partial charge in [0.25, 0.3) is 0 Å². The normalized spacial score (nSPS) is 16.5. The summed E-state index contributed by atoms with van der Waals surface area (Å²) < 4.78 is 5.76. The van der Waals surface area contributed by atoms with Crippen LogP contribution in [0.3, 0.4) is 0 Å². The van der Waals surface area contributed by atoms with E-state index in [1.165, 1.54) is 18.4 Å². The number of nitrogens with two attached hydrogens (primary N) is 1. The van der Waals surface area contributed by atoms with E-state index in [0.717, 1.165) is 11.2 Å². The van der Waals surface area contributed by atoms with Crippen LogP contribution in [0.15, 0.2) is 18.2 Å². The van der Waals surface area contributed by atoms with Crippen LogP contribution < -0.4 is 11.2 Å². The van der Waals surface area contributed by atoms with E-state index in [1.54, 1.807) is 21.3 Å². The van der Waals surface area contributed by atoms with E-state index in [-0.39, 0.29) is 0 Å². The molecule has 1 saturated carbocycles. The Bertz CT molecular complexity index is 462. The highest BCUT2D eigenvalue weighted by atomic mass is 16.5. The molecule has 0 spiro atoms. The molecule has 3 nitrogen and oxygen atoms in total. The molecule has 0 bridgehead atoms. The predicted octanol–water partition coefficient (Wildman–Crippen LogP) is 1.96. The fraction of sp³-hybridized carbons (Fsp3) is 0.600. The molecule has 1 aromatic rings. The van der Waals surface area contributed by atoms with Crippen LogP contribution in [0.4, 0.5) is 5.69 Å². The lowest BCUT2D eigenvalue weighted by molar-refractivity contribution is -0.0893. The number of anilines is 1. The third-order valence-electron chi connectivity index (χ3n) is 4.01. The summed E-state index contributed by atoms with van der Waals surface area (Å²) in [6, 6.07) is 6.05. The van der Waals surface area contributed by atoms with Crippen molar-refractivity contribution in [3.05, 3.63) is 23.8 Å². The second-order valence-electron chi connectivity index (χ2n) is 6.51. The second-order valence-corrected chi connectivity index (χ2v) is 6.51. The molecule has 3 N–H and O–H groups in total. The van der Waals surface area contributed by atoms with Crippen molar-refractivity contribution in [3.8, 4) is 0 Å². The molecule has 1 aliphatic rings. The summed E-state index contributed by atoms with van der Waals surface area (Å²) in [5, 5.41) is 10.1. The maximum absolute atomic E-state index is 10.1. The van der Waals surface area contributed by atoms with Gasteiger partial charge in [-0.15, -0.1) is 0 Å². The molecule has 0 amide bonds. The molecule has 0 atom stereocenters. The molecule has 1 aromatic carbocycles. The molecule has 1 fully saturated rings. The van der Waals surface area contributed by atoms with E-state index in [0.29, 0.717) is 5.92 Å². The van der Waals surface area contributed by atoms with E-state index in [4.69, 9.17) is 10.4 Å². The Morgan fingerprint density at radius 1 is 1.21 bits per heavy atom. The van der Waals surface area contributed by atoms with Crippen LogP contribution in [0.25, 0.3) is 0 Å². The minimum atomic E-state index is -0.914. The van der Waals surface area contributed by atoms with Crippen molar-refractivity contribution in [1.82, 2.24) is 0 Å². The predicted molar refractivity (Wildman–Crippen MR) is 79.7 cm³/mol. The van der Waals surface area contributed by atoms with Crippen LogP contribution in [0.2, 0.25) is 0 Å². The van der Waals surface area contributed by atoms with E-state index >= 15 is 0 Å². The Labute approximate surface area is 116 Å². The molecule has 103 valence electrons. The average molecular weight is 260 g/mol. The van der Waals surface area contributed by atoms with Crippen molar-refractivity contribution in [2.45, 2.75) is 57.7 Å². The number of nitrogen functional groups attached to an aromatic ring is 1. The molecule has 1 aliphatic carbocycles. The first-order valence-electron chi connectivity index (χ1n) is 6.83. The highest BCUT2D eigenvalue weighted by Gasteiger charge is 2.35. The zero-order chi connectivity index (χ0) is 14.3. The SMILES string of the molecule is CC(C)(O)C(C)(C)O[B]c1cc(N)cc(C2CC2)c1. The third-order valence-corrected chi connectivity index (χ3v) is 4.01. The van der Waals surface area contributed by atoms with Gasteiger partial charge < -0.3 is 15.5 Å². The molecule has 4 heteroatoms. The zero-order valence-corrected chi connectivity index (χ0v) is 12.2. The van der Waals surface area contributed by atoms with Crippen molar-refractivity contribution in [1.29, 1.82) is 0 Å². The van der Waals surface area contributed by atoms with Gasteiger partial charge in [0, 0.05) is 5.69 Å². The molecule has 1 radical (unpaired) electrons. The fourth-order valence-corrected chi connectivity index (χ4v) is 1.78. The summed E-state index contributed by atoms with van der Waals surface area (Å²) in [4.78, 5) is 0. The lowest BCUT2D eigenvalue weighted by Gasteiger charge is -2.37. The van der Waals surface area contributed by atoms with E-state index < -0.39 is 11.2 Å². The maximum atomic E-state index is 10.1. The van der Waals surface area contributed by atoms with Gasteiger partial charge in [-0.3, -0.25) is 0 Å². The van der Waals surface area contributed by atoms with Crippen LogP contribution in [-0.4, -0.2) is 23.8 Å². The molecular weight excluding hydrogens is 237 g/mol. The van der Waals surface area contributed by atoms with Gasteiger partial charge in [-0.25, -0.2) is 0 Å². The van der Waals surface area contributed by atoms with Crippen molar-refractivity contribution < 1.29 is 9.76 Å². The second kappa shape index (κ2) is 4.84. The number of aliphatic hydroxyl groups is 1. The largest absolute Gasteiger partial charge is 0.427 e. The van der Waals surface area contributed by atoms with Crippen LogP contribution in [0, 0.1) is 0 Å². The summed E-state index contributed by atoms with van der Waals surface area (Å²) in [5.41, 5.74) is 7.37. The topological polar surface area (TPSA) is 55.5 Å². The minimum absolute atomic E-state index is 0.655. The van der Waals surface area contributed by atoms with E-state index in [9.17, 15) is 5.11 Å².